The number of nitrogens with one attached hydrogen (secondary N) is 2. The van der Waals surface area contributed by atoms with Gasteiger partial charge in [-0.15, -0.1) is 0 Å². The molecule has 4 amide bonds. The van der Waals surface area contributed by atoms with Crippen molar-refractivity contribution in [3.05, 3.63) is 70.4 Å². The summed E-state index contributed by atoms with van der Waals surface area (Å²) in [5.41, 5.74) is 0.460. The topological polar surface area (TPSA) is 95.6 Å². The third kappa shape index (κ3) is 6.07. The normalized spacial score (nSPS) is 15.2. The Morgan fingerprint density at radius 3 is 2.52 bits per heavy atom. The van der Waals surface area contributed by atoms with Crippen molar-refractivity contribution in [2.75, 3.05) is 18.4 Å². The number of benzene rings is 2. The molecule has 1 saturated heterocycles. The van der Waals surface area contributed by atoms with Gasteiger partial charge in [-0.2, -0.15) is 0 Å². The van der Waals surface area contributed by atoms with E-state index in [1.54, 1.807) is 51.1 Å². The molecule has 1 fully saturated rings. The predicted molar refractivity (Wildman–Crippen MR) is 126 cm³/mol. The van der Waals surface area contributed by atoms with Crippen molar-refractivity contribution in [1.82, 2.24) is 10.2 Å². The maximum absolute atomic E-state index is 13.8. The van der Waals surface area contributed by atoms with Crippen molar-refractivity contribution in [1.29, 1.82) is 0 Å². The lowest BCUT2D eigenvalue weighted by atomic mass is 9.95. The standard InChI is InChI=1S/C24H24FN3O4S/c1-24(2,3)22(31)27-17-9-6-8-16(13-17)20(29)26-11-12-28-21(30)19(33-23(28)32)14-15-7-4-5-10-18(15)25/h4-10,13-14H,11-12H2,1-3H3,(H,26,29)(H,27,31)/b19-14-. The third-order valence-electron chi connectivity index (χ3n) is 4.75. The molecule has 1 aliphatic heterocycles. The zero-order valence-corrected chi connectivity index (χ0v) is 19.3. The first-order chi connectivity index (χ1) is 15.6. The first-order valence-electron chi connectivity index (χ1n) is 10.3. The molecule has 0 radical (unpaired) electrons. The lowest BCUT2D eigenvalue weighted by Gasteiger charge is -2.18. The summed E-state index contributed by atoms with van der Waals surface area (Å²) < 4.78 is 13.8. The molecule has 3 rings (SSSR count). The van der Waals surface area contributed by atoms with E-state index in [2.05, 4.69) is 10.6 Å². The second-order valence-corrected chi connectivity index (χ2v) is 9.39. The molecule has 1 aliphatic rings. The summed E-state index contributed by atoms with van der Waals surface area (Å²) in [6, 6.07) is 12.4. The quantitative estimate of drug-likeness (QED) is 0.616. The van der Waals surface area contributed by atoms with E-state index in [4.69, 9.17) is 0 Å². The van der Waals surface area contributed by atoms with Crippen molar-refractivity contribution >= 4 is 46.5 Å². The van der Waals surface area contributed by atoms with Gasteiger partial charge in [0.1, 0.15) is 5.82 Å². The van der Waals surface area contributed by atoms with Gasteiger partial charge in [-0.1, -0.05) is 45.0 Å². The molecule has 33 heavy (non-hydrogen) atoms. The number of anilines is 1. The molecular weight excluding hydrogens is 445 g/mol. The Kier molecular flexibility index (Phi) is 7.33. The Morgan fingerprint density at radius 2 is 1.82 bits per heavy atom. The monoisotopic (exact) mass is 469 g/mol. The number of hydrogen-bond donors (Lipinski definition) is 2. The minimum absolute atomic E-state index is 0.0224. The first-order valence-corrected chi connectivity index (χ1v) is 11.1. The van der Waals surface area contributed by atoms with Crippen molar-refractivity contribution in [2.45, 2.75) is 20.8 Å². The number of thioether (sulfide) groups is 1. The Bertz CT molecular complexity index is 1140. The van der Waals surface area contributed by atoms with Crippen molar-refractivity contribution in [3.63, 3.8) is 0 Å². The van der Waals surface area contributed by atoms with Crippen molar-refractivity contribution in [3.8, 4) is 0 Å². The second kappa shape index (κ2) is 9.99. The summed E-state index contributed by atoms with van der Waals surface area (Å²) in [5.74, 6) is -1.61. The maximum Gasteiger partial charge on any atom is 0.293 e. The van der Waals surface area contributed by atoms with Crippen LogP contribution >= 0.6 is 11.8 Å². The third-order valence-corrected chi connectivity index (χ3v) is 5.66. The number of halogens is 1. The predicted octanol–water partition coefficient (Wildman–Crippen LogP) is 4.28. The molecular formula is C24H24FN3O4S. The first kappa shape index (κ1) is 24.2. The summed E-state index contributed by atoms with van der Waals surface area (Å²) in [6.07, 6.45) is 1.34. The molecule has 0 spiro atoms. The molecule has 2 aromatic rings. The van der Waals surface area contributed by atoms with Gasteiger partial charge >= 0.3 is 0 Å². The molecule has 7 nitrogen and oxygen atoms in total. The van der Waals surface area contributed by atoms with Gasteiger partial charge in [0, 0.05) is 35.3 Å². The molecule has 0 saturated carbocycles. The van der Waals surface area contributed by atoms with E-state index in [9.17, 15) is 23.6 Å². The summed E-state index contributed by atoms with van der Waals surface area (Å²) in [7, 11) is 0. The maximum atomic E-state index is 13.8. The van der Waals surface area contributed by atoms with Crippen LogP contribution in [0.1, 0.15) is 36.7 Å². The summed E-state index contributed by atoms with van der Waals surface area (Å²) in [4.78, 5) is 50.5. The highest BCUT2D eigenvalue weighted by molar-refractivity contribution is 8.18. The SMILES string of the molecule is CC(C)(C)C(=O)Nc1cccc(C(=O)NCCN2C(=O)S/C(=C\c3ccccc3F)C2=O)c1. The Morgan fingerprint density at radius 1 is 1.09 bits per heavy atom. The van der Waals surface area contributed by atoms with Gasteiger partial charge in [0.2, 0.25) is 5.91 Å². The number of nitrogens with zero attached hydrogens (tertiary/aromatic N) is 1. The van der Waals surface area contributed by atoms with E-state index in [0.717, 1.165) is 16.7 Å². The highest BCUT2D eigenvalue weighted by atomic mass is 32.2. The fourth-order valence-corrected chi connectivity index (χ4v) is 3.72. The fourth-order valence-electron chi connectivity index (χ4n) is 2.87. The number of rotatable bonds is 6. The Balaban J connectivity index is 1.58. The molecule has 9 heteroatoms. The molecule has 0 atom stereocenters. The Hall–Kier alpha value is -3.46. The largest absolute Gasteiger partial charge is 0.350 e. The molecule has 172 valence electrons. The molecule has 0 bridgehead atoms. The van der Waals surface area contributed by atoms with E-state index in [-0.39, 0.29) is 29.5 Å². The van der Waals surface area contributed by atoms with E-state index < -0.39 is 28.3 Å². The Labute approximate surface area is 195 Å². The van der Waals surface area contributed by atoms with Crippen LogP contribution in [0.2, 0.25) is 0 Å². The van der Waals surface area contributed by atoms with Crippen LogP contribution in [0.3, 0.4) is 0 Å². The smallest absolute Gasteiger partial charge is 0.293 e. The van der Waals surface area contributed by atoms with Gasteiger partial charge < -0.3 is 10.6 Å². The molecule has 2 aromatic carbocycles. The number of imide groups is 1. The van der Waals surface area contributed by atoms with E-state index in [1.807, 2.05) is 0 Å². The highest BCUT2D eigenvalue weighted by Gasteiger charge is 2.34. The van der Waals surface area contributed by atoms with Gasteiger partial charge in [-0.3, -0.25) is 24.1 Å². The highest BCUT2D eigenvalue weighted by Crippen LogP contribution is 2.32. The lowest BCUT2D eigenvalue weighted by molar-refractivity contribution is -0.123. The van der Waals surface area contributed by atoms with Crippen LogP contribution in [-0.4, -0.2) is 41.0 Å². The van der Waals surface area contributed by atoms with Crippen LogP contribution in [0, 0.1) is 11.2 Å². The van der Waals surface area contributed by atoms with Gasteiger partial charge in [0.15, 0.2) is 0 Å². The summed E-state index contributed by atoms with van der Waals surface area (Å²) >= 11 is 0.729. The number of hydrogen-bond acceptors (Lipinski definition) is 5. The van der Waals surface area contributed by atoms with Crippen molar-refractivity contribution in [2.24, 2.45) is 5.41 Å². The second-order valence-electron chi connectivity index (χ2n) is 8.40. The molecule has 0 aromatic heterocycles. The average molecular weight is 470 g/mol. The van der Waals surface area contributed by atoms with Crippen molar-refractivity contribution < 1.29 is 23.6 Å². The van der Waals surface area contributed by atoms with Crippen LogP contribution in [0.25, 0.3) is 6.08 Å². The zero-order valence-electron chi connectivity index (χ0n) is 18.5. The van der Waals surface area contributed by atoms with Crippen LogP contribution in [0.15, 0.2) is 53.4 Å². The van der Waals surface area contributed by atoms with Gasteiger partial charge in [-0.25, -0.2) is 4.39 Å². The van der Waals surface area contributed by atoms with Crippen LogP contribution < -0.4 is 10.6 Å². The van der Waals surface area contributed by atoms with Crippen LogP contribution in [-0.2, 0) is 9.59 Å². The number of carbonyl (C=O) groups is 4. The minimum atomic E-state index is -0.579. The molecule has 0 aliphatic carbocycles. The fraction of sp³-hybridized carbons (Fsp3) is 0.250. The number of amides is 4. The van der Waals surface area contributed by atoms with Crippen LogP contribution in [0.5, 0.6) is 0 Å². The van der Waals surface area contributed by atoms with Crippen LogP contribution in [0.4, 0.5) is 14.9 Å². The molecule has 2 N–H and O–H groups in total. The molecule has 1 heterocycles. The van der Waals surface area contributed by atoms with E-state index in [1.165, 1.54) is 24.3 Å². The van der Waals surface area contributed by atoms with Gasteiger partial charge in [-0.05, 0) is 42.1 Å². The van der Waals surface area contributed by atoms with Gasteiger partial charge in [0.05, 0.1) is 4.91 Å². The minimum Gasteiger partial charge on any atom is -0.350 e. The summed E-state index contributed by atoms with van der Waals surface area (Å²) in [5, 5.41) is 4.95. The average Bonchev–Trinajstić information content (AvgIpc) is 3.02. The van der Waals surface area contributed by atoms with E-state index >= 15 is 0 Å². The zero-order chi connectivity index (χ0) is 24.2. The summed E-state index contributed by atoms with van der Waals surface area (Å²) in [6.45, 7) is 5.38. The van der Waals surface area contributed by atoms with Gasteiger partial charge in [0.25, 0.3) is 17.1 Å². The number of carbonyl (C=O) groups excluding carboxylic acids is 4. The lowest BCUT2D eigenvalue weighted by Crippen LogP contribution is -2.37. The van der Waals surface area contributed by atoms with E-state index in [0.29, 0.717) is 11.3 Å². The molecule has 0 unspecified atom stereocenters.